The average Bonchev–Trinajstić information content (AvgIpc) is 3.59. The molecule has 40 heavy (non-hydrogen) atoms. The largest absolute Gasteiger partial charge is 0.496 e. The van der Waals surface area contributed by atoms with Crippen LogP contribution >= 0.6 is 0 Å². The molecule has 1 saturated heterocycles. The van der Waals surface area contributed by atoms with E-state index in [2.05, 4.69) is 10.1 Å². The number of ether oxygens (including phenoxy) is 1. The Hall–Kier alpha value is -4.54. The topological polar surface area (TPSA) is 102 Å². The van der Waals surface area contributed by atoms with Crippen molar-refractivity contribution in [3.63, 3.8) is 0 Å². The maximum absolute atomic E-state index is 14.2. The summed E-state index contributed by atoms with van der Waals surface area (Å²) in [7, 11) is 3.26. The summed E-state index contributed by atoms with van der Waals surface area (Å²) in [6.07, 6.45) is 2.53. The Labute approximate surface area is 229 Å². The number of nitrogens with zero attached hydrogens (tertiary/aromatic N) is 5. The van der Waals surface area contributed by atoms with Crippen LogP contribution in [-0.4, -0.2) is 55.4 Å². The van der Waals surface area contributed by atoms with E-state index in [9.17, 15) is 23.5 Å². The van der Waals surface area contributed by atoms with E-state index in [-0.39, 0.29) is 29.4 Å². The zero-order valence-electron chi connectivity index (χ0n) is 22.3. The molecule has 2 atom stereocenters. The molecule has 0 radical (unpaired) electrons. The van der Waals surface area contributed by atoms with Crippen molar-refractivity contribution in [2.24, 2.45) is 7.05 Å². The normalized spacial score (nSPS) is 15.8. The first-order chi connectivity index (χ1) is 19.2. The lowest BCUT2D eigenvalue weighted by atomic mass is 9.97. The van der Waals surface area contributed by atoms with Crippen molar-refractivity contribution in [2.75, 3.05) is 20.2 Å². The van der Waals surface area contributed by atoms with E-state index in [1.165, 1.54) is 14.1 Å². The zero-order chi connectivity index (χ0) is 28.6. The van der Waals surface area contributed by atoms with Crippen LogP contribution in [0.4, 0.5) is 8.78 Å². The number of carbonyl (C=O) groups is 1. The van der Waals surface area contributed by atoms with Gasteiger partial charge in [-0.1, -0.05) is 25.1 Å². The molecule has 1 aliphatic rings. The highest BCUT2D eigenvalue weighted by Crippen LogP contribution is 2.36. The van der Waals surface area contributed by atoms with Crippen LogP contribution < -0.4 is 10.3 Å². The standard InChI is InChI=1S/C29H29F2N5O4/c1-4-23(18-13-19(30)15-20(31)14-18)36-26(22-10-11-34(2)33-22)32-27(37)25(29(36)39)28(38)35-12-9-17(16-35)21-7-5-6-8-24(21)40-3/h5-8,10-11,13-15,17,23,39H,4,9,12,16H2,1-3H3/t17?,23-/m0/s1. The van der Waals surface area contributed by atoms with E-state index in [0.717, 1.165) is 23.8 Å². The lowest BCUT2D eigenvalue weighted by molar-refractivity contribution is 0.0783. The zero-order valence-corrected chi connectivity index (χ0v) is 22.3. The summed E-state index contributed by atoms with van der Waals surface area (Å²) >= 11 is 0. The minimum Gasteiger partial charge on any atom is -0.496 e. The first-order valence-electron chi connectivity index (χ1n) is 13.0. The third-order valence-corrected chi connectivity index (χ3v) is 7.28. The summed E-state index contributed by atoms with van der Waals surface area (Å²) in [4.78, 5) is 32.7. The van der Waals surface area contributed by atoms with E-state index in [0.29, 0.717) is 25.3 Å². The van der Waals surface area contributed by atoms with Crippen LogP contribution in [0.3, 0.4) is 0 Å². The molecule has 208 valence electrons. The summed E-state index contributed by atoms with van der Waals surface area (Å²) in [5.74, 6) is -2.24. The van der Waals surface area contributed by atoms with Crippen molar-refractivity contribution in [1.82, 2.24) is 24.2 Å². The van der Waals surface area contributed by atoms with Crippen molar-refractivity contribution in [3.8, 4) is 23.1 Å². The third-order valence-electron chi connectivity index (χ3n) is 7.28. The maximum Gasteiger partial charge on any atom is 0.290 e. The molecule has 0 aliphatic carbocycles. The predicted octanol–water partition coefficient (Wildman–Crippen LogP) is 4.27. The Morgan fingerprint density at radius 2 is 1.90 bits per heavy atom. The van der Waals surface area contributed by atoms with Crippen LogP contribution in [0, 0.1) is 11.6 Å². The van der Waals surface area contributed by atoms with Crippen molar-refractivity contribution >= 4 is 5.91 Å². The quantitative estimate of drug-likeness (QED) is 0.370. The highest BCUT2D eigenvalue weighted by Gasteiger charge is 2.35. The first kappa shape index (κ1) is 27.0. The molecule has 2 aromatic heterocycles. The molecular weight excluding hydrogens is 520 g/mol. The number of methoxy groups -OCH3 is 1. The monoisotopic (exact) mass is 549 g/mol. The van der Waals surface area contributed by atoms with Crippen molar-refractivity contribution in [3.05, 3.63) is 93.4 Å². The van der Waals surface area contributed by atoms with Crippen LogP contribution in [0.2, 0.25) is 0 Å². The van der Waals surface area contributed by atoms with Gasteiger partial charge in [-0.15, -0.1) is 0 Å². The van der Waals surface area contributed by atoms with Gasteiger partial charge in [0.15, 0.2) is 11.4 Å². The van der Waals surface area contributed by atoms with Gasteiger partial charge in [-0.3, -0.25) is 18.8 Å². The van der Waals surface area contributed by atoms with E-state index in [4.69, 9.17) is 4.74 Å². The molecule has 1 fully saturated rings. The van der Waals surface area contributed by atoms with E-state index >= 15 is 0 Å². The molecule has 0 bridgehead atoms. The number of likely N-dealkylation sites (tertiary alicyclic amines) is 1. The molecule has 1 aliphatic heterocycles. The Morgan fingerprint density at radius 3 is 2.55 bits per heavy atom. The van der Waals surface area contributed by atoms with Gasteiger partial charge in [0.2, 0.25) is 5.88 Å². The number of amides is 1. The van der Waals surface area contributed by atoms with Gasteiger partial charge in [0, 0.05) is 38.3 Å². The number of aromatic hydroxyl groups is 1. The minimum atomic E-state index is -0.916. The lowest BCUT2D eigenvalue weighted by Gasteiger charge is -2.25. The van der Waals surface area contributed by atoms with Crippen molar-refractivity contribution < 1.29 is 23.4 Å². The second kappa shape index (κ2) is 10.9. The second-order valence-corrected chi connectivity index (χ2v) is 9.79. The molecule has 0 spiro atoms. The second-order valence-electron chi connectivity index (χ2n) is 9.79. The number of aromatic nitrogens is 4. The van der Waals surface area contributed by atoms with E-state index < -0.39 is 40.6 Å². The maximum atomic E-state index is 14.2. The van der Waals surface area contributed by atoms with Crippen molar-refractivity contribution in [1.29, 1.82) is 0 Å². The number of rotatable bonds is 7. The first-order valence-corrected chi connectivity index (χ1v) is 13.0. The van der Waals surface area contributed by atoms with Crippen LogP contribution in [0.25, 0.3) is 11.5 Å². The number of aryl methyl sites for hydroxylation is 1. The van der Waals surface area contributed by atoms with Crippen molar-refractivity contribution in [2.45, 2.75) is 31.7 Å². The van der Waals surface area contributed by atoms with Gasteiger partial charge >= 0.3 is 0 Å². The van der Waals surface area contributed by atoms with Crippen LogP contribution in [0.15, 0.2) is 59.5 Å². The number of hydrogen-bond donors (Lipinski definition) is 1. The molecule has 9 nitrogen and oxygen atoms in total. The summed E-state index contributed by atoms with van der Waals surface area (Å²) < 4.78 is 36.7. The van der Waals surface area contributed by atoms with Gasteiger partial charge in [-0.05, 0) is 48.2 Å². The summed E-state index contributed by atoms with van der Waals surface area (Å²) in [6.45, 7) is 2.42. The Bertz CT molecular complexity index is 1610. The molecule has 0 saturated carbocycles. The molecule has 1 N–H and O–H groups in total. The molecule has 4 aromatic rings. The van der Waals surface area contributed by atoms with Gasteiger partial charge in [-0.2, -0.15) is 10.1 Å². The van der Waals surface area contributed by atoms with Gasteiger partial charge in [0.25, 0.3) is 11.5 Å². The molecule has 2 aromatic carbocycles. The molecule has 3 heterocycles. The van der Waals surface area contributed by atoms with Gasteiger partial charge in [-0.25, -0.2) is 8.78 Å². The highest BCUT2D eigenvalue weighted by atomic mass is 19.1. The molecular formula is C29H29F2N5O4. The molecule has 1 unspecified atom stereocenters. The number of benzene rings is 2. The average molecular weight is 550 g/mol. The van der Waals surface area contributed by atoms with Crippen LogP contribution in [-0.2, 0) is 7.05 Å². The SMILES string of the molecule is CC[C@@H](c1cc(F)cc(F)c1)n1c(-c2ccn(C)n2)nc(=O)c(C(=O)N2CCC(c3ccccc3OC)C2)c1O. The molecule has 1 amide bonds. The summed E-state index contributed by atoms with van der Waals surface area (Å²) in [5.41, 5.74) is -0.0174. The number of hydrogen-bond acceptors (Lipinski definition) is 6. The highest BCUT2D eigenvalue weighted by molar-refractivity contribution is 5.96. The van der Waals surface area contributed by atoms with E-state index in [1.54, 1.807) is 33.3 Å². The summed E-state index contributed by atoms with van der Waals surface area (Å²) in [6, 6.07) is 11.3. The van der Waals surface area contributed by atoms with Gasteiger partial charge in [0.1, 0.15) is 23.1 Å². The summed E-state index contributed by atoms with van der Waals surface area (Å²) in [5, 5.41) is 15.9. The lowest BCUT2D eigenvalue weighted by Crippen LogP contribution is -2.35. The molecule has 11 heteroatoms. The number of para-hydroxylation sites is 1. The fourth-order valence-corrected chi connectivity index (χ4v) is 5.42. The number of carbonyl (C=O) groups excluding carboxylic acids is 1. The van der Waals surface area contributed by atoms with Crippen LogP contribution in [0.1, 0.15) is 53.2 Å². The smallest absolute Gasteiger partial charge is 0.290 e. The van der Waals surface area contributed by atoms with E-state index in [1.807, 2.05) is 24.3 Å². The Balaban J connectivity index is 1.60. The minimum absolute atomic E-state index is 0.0236. The van der Waals surface area contributed by atoms with Crippen LogP contribution in [0.5, 0.6) is 11.6 Å². The predicted molar refractivity (Wildman–Crippen MR) is 143 cm³/mol. The van der Waals surface area contributed by atoms with Gasteiger partial charge < -0.3 is 14.7 Å². The Kier molecular flexibility index (Phi) is 7.38. The van der Waals surface area contributed by atoms with Gasteiger partial charge in [0.05, 0.1) is 13.2 Å². The Morgan fingerprint density at radius 1 is 1.18 bits per heavy atom. The third kappa shape index (κ3) is 4.94. The fraction of sp³-hybridized carbons (Fsp3) is 0.310. The fourth-order valence-electron chi connectivity index (χ4n) is 5.42. The molecule has 5 rings (SSSR count). The number of halogens is 2.